The summed E-state index contributed by atoms with van der Waals surface area (Å²) in [5.41, 5.74) is 0. The van der Waals surface area contributed by atoms with Crippen molar-refractivity contribution in [3.8, 4) is 0 Å². The van der Waals surface area contributed by atoms with Crippen molar-refractivity contribution in [2.45, 2.75) is 26.1 Å². The van der Waals surface area contributed by atoms with Crippen molar-refractivity contribution in [3.05, 3.63) is 0 Å². The minimum absolute atomic E-state index is 0. The van der Waals surface area contributed by atoms with Crippen LogP contribution in [0.1, 0.15) is 20.8 Å². The van der Waals surface area contributed by atoms with Gasteiger partial charge in [-0.15, -0.1) is 0 Å². The van der Waals surface area contributed by atoms with Gasteiger partial charge in [0.2, 0.25) is 0 Å². The van der Waals surface area contributed by atoms with Gasteiger partial charge in [-0.2, -0.15) is 0 Å². The SMILES string of the molecule is [B-]C(C)(C)C. The molecule has 0 fully saturated rings. The minimum Gasteiger partial charge on any atom is -0.618 e. The van der Waals surface area contributed by atoms with Crippen LogP contribution in [0.5, 0.6) is 0 Å². The summed E-state index contributed by atoms with van der Waals surface area (Å²) in [6.07, 6.45) is 0. The first-order valence-electron chi connectivity index (χ1n) is 1.79. The van der Waals surface area contributed by atoms with Crippen LogP contribution in [-0.4, -0.2) is 7.85 Å². The Bertz CT molecular complexity index is 19.1. The van der Waals surface area contributed by atoms with Crippen molar-refractivity contribution in [3.63, 3.8) is 0 Å². The van der Waals surface area contributed by atoms with Crippen LogP contribution < -0.4 is 0 Å². The van der Waals surface area contributed by atoms with Gasteiger partial charge in [-0.3, -0.25) is 5.31 Å². The number of rotatable bonds is 0. The zero-order chi connectivity index (χ0) is 4.50. The fourth-order valence-electron chi connectivity index (χ4n) is 0. The van der Waals surface area contributed by atoms with E-state index in [9.17, 15) is 0 Å². The van der Waals surface area contributed by atoms with Crippen LogP contribution in [0, 0.1) is 0 Å². The van der Waals surface area contributed by atoms with Crippen LogP contribution in [0.15, 0.2) is 0 Å². The molecule has 0 aliphatic carbocycles. The van der Waals surface area contributed by atoms with E-state index in [4.69, 9.17) is 7.85 Å². The summed E-state index contributed by atoms with van der Waals surface area (Å²) in [5, 5.41) is 0. The fourth-order valence-corrected chi connectivity index (χ4v) is 0. The highest BCUT2D eigenvalue weighted by Crippen LogP contribution is 2.13. The van der Waals surface area contributed by atoms with E-state index in [1.807, 2.05) is 20.8 Å². The van der Waals surface area contributed by atoms with E-state index in [1.165, 1.54) is 0 Å². The van der Waals surface area contributed by atoms with Crippen LogP contribution in [0.25, 0.3) is 0 Å². The largest absolute Gasteiger partial charge is 0.618 e. The topological polar surface area (TPSA) is 0 Å². The molecule has 0 aromatic heterocycles. The van der Waals surface area contributed by atoms with Gasteiger partial charge in [-0.1, -0.05) is 20.8 Å². The summed E-state index contributed by atoms with van der Waals surface area (Å²) in [7, 11) is 5.35. The molecule has 3 radical (unpaired) electrons. The maximum atomic E-state index is 5.35. The molecule has 0 heterocycles. The highest BCUT2D eigenvalue weighted by Gasteiger charge is 1.77. The minimum atomic E-state index is 0. The van der Waals surface area contributed by atoms with Crippen LogP contribution in [0.3, 0.4) is 0 Å². The molecular formula is C4H9B-. The zero-order valence-electron chi connectivity index (χ0n) is 4.08. The van der Waals surface area contributed by atoms with Crippen molar-refractivity contribution in [1.82, 2.24) is 0 Å². The Morgan fingerprint density at radius 1 is 1.20 bits per heavy atom. The second-order valence-electron chi connectivity index (χ2n) is 2.37. The van der Waals surface area contributed by atoms with Crippen molar-refractivity contribution in [2.24, 2.45) is 0 Å². The predicted octanol–water partition coefficient (Wildman–Crippen LogP) is 1.37. The van der Waals surface area contributed by atoms with Gasteiger partial charge in [0.15, 0.2) is 0 Å². The van der Waals surface area contributed by atoms with Gasteiger partial charge in [0.25, 0.3) is 0 Å². The zero-order valence-corrected chi connectivity index (χ0v) is 4.08. The lowest BCUT2D eigenvalue weighted by Crippen LogP contribution is -1.90. The Morgan fingerprint density at radius 3 is 1.20 bits per heavy atom. The normalized spacial score (nSPS) is 12.0. The Kier molecular flexibility index (Phi) is 1.05. The highest BCUT2D eigenvalue weighted by atomic mass is 13.9. The first-order chi connectivity index (χ1) is 2.00. The van der Waals surface area contributed by atoms with Crippen LogP contribution in [0.2, 0.25) is 5.31 Å². The van der Waals surface area contributed by atoms with E-state index < -0.39 is 0 Å². The lowest BCUT2D eigenvalue weighted by atomic mass is 9.75. The summed E-state index contributed by atoms with van der Waals surface area (Å²) in [6.45, 7) is 5.90. The number of hydrogen-bond acceptors (Lipinski definition) is 0. The van der Waals surface area contributed by atoms with Crippen molar-refractivity contribution in [1.29, 1.82) is 0 Å². The van der Waals surface area contributed by atoms with E-state index in [0.29, 0.717) is 0 Å². The molecule has 0 N–H and O–H groups in total. The molecule has 0 atom stereocenters. The average Bonchev–Trinajstić information content (AvgIpc) is 0.722. The van der Waals surface area contributed by atoms with Gasteiger partial charge in [-0.25, -0.2) is 0 Å². The van der Waals surface area contributed by atoms with Gasteiger partial charge in [-0.05, 0) is 0 Å². The average molecular weight is 67.9 g/mol. The molecule has 0 aromatic carbocycles. The third-order valence-corrected chi connectivity index (χ3v) is 0. The molecule has 5 heavy (non-hydrogen) atoms. The Balaban J connectivity index is 3.02. The second kappa shape index (κ2) is 1.04. The first kappa shape index (κ1) is 5.06. The third-order valence-electron chi connectivity index (χ3n) is 0. The van der Waals surface area contributed by atoms with Crippen LogP contribution >= 0.6 is 0 Å². The molecule has 0 spiro atoms. The van der Waals surface area contributed by atoms with E-state index in [1.54, 1.807) is 0 Å². The highest BCUT2D eigenvalue weighted by molar-refractivity contribution is 6.14. The van der Waals surface area contributed by atoms with E-state index in [-0.39, 0.29) is 5.31 Å². The molecule has 0 amide bonds. The smallest absolute Gasteiger partial charge is 0.0999 e. The Labute approximate surface area is 35.0 Å². The molecule has 0 unspecified atom stereocenters. The van der Waals surface area contributed by atoms with Gasteiger partial charge < -0.3 is 7.85 Å². The molecule has 0 saturated heterocycles. The van der Waals surface area contributed by atoms with Crippen molar-refractivity contribution >= 4 is 7.85 Å². The van der Waals surface area contributed by atoms with E-state index in [0.717, 1.165) is 0 Å². The van der Waals surface area contributed by atoms with Crippen molar-refractivity contribution in [2.75, 3.05) is 0 Å². The lowest BCUT2D eigenvalue weighted by Gasteiger charge is -2.26. The van der Waals surface area contributed by atoms with Crippen molar-refractivity contribution < 1.29 is 0 Å². The van der Waals surface area contributed by atoms with Gasteiger partial charge in [0.1, 0.15) is 0 Å². The summed E-state index contributed by atoms with van der Waals surface area (Å²) in [5.74, 6) is 0. The molecular weight excluding hydrogens is 58.9 g/mol. The maximum Gasteiger partial charge on any atom is -0.0999 e. The molecule has 0 aliphatic heterocycles. The van der Waals surface area contributed by atoms with Gasteiger partial charge in [0, 0.05) is 0 Å². The predicted molar refractivity (Wildman–Crippen MR) is 25.5 cm³/mol. The molecule has 0 aromatic rings. The molecule has 1 heteroatoms. The van der Waals surface area contributed by atoms with Crippen LogP contribution in [0.4, 0.5) is 0 Å². The Morgan fingerprint density at radius 2 is 1.20 bits per heavy atom. The molecule has 0 rings (SSSR count). The maximum absolute atomic E-state index is 5.35. The molecule has 0 saturated carbocycles. The quantitative estimate of drug-likeness (QED) is 0.376. The summed E-state index contributed by atoms with van der Waals surface area (Å²) in [4.78, 5) is 0. The second-order valence-corrected chi connectivity index (χ2v) is 2.37. The fraction of sp³-hybridized carbons (Fsp3) is 1.00. The molecule has 29 valence electrons. The summed E-state index contributed by atoms with van der Waals surface area (Å²) >= 11 is 0. The van der Waals surface area contributed by atoms with E-state index in [2.05, 4.69) is 0 Å². The van der Waals surface area contributed by atoms with Gasteiger partial charge >= 0.3 is 0 Å². The van der Waals surface area contributed by atoms with Gasteiger partial charge in [0.05, 0.1) is 0 Å². The molecule has 0 bridgehead atoms. The van der Waals surface area contributed by atoms with Crippen LogP contribution in [-0.2, 0) is 0 Å². The molecule has 0 aliphatic rings. The monoisotopic (exact) mass is 68.1 g/mol. The number of hydrogen-bond donors (Lipinski definition) is 0. The third kappa shape index (κ3) is 4110. The summed E-state index contributed by atoms with van der Waals surface area (Å²) < 4.78 is 0. The molecule has 0 nitrogen and oxygen atoms in total. The summed E-state index contributed by atoms with van der Waals surface area (Å²) in [6, 6.07) is 0. The lowest BCUT2D eigenvalue weighted by molar-refractivity contribution is 0.767. The van der Waals surface area contributed by atoms with E-state index >= 15 is 0 Å². The first-order valence-corrected chi connectivity index (χ1v) is 1.79. The standard InChI is InChI=1S/C4H9B/c1-4(2,3)5/h1-3H3/q-1. The Hall–Kier alpha value is 0.0649.